The zero-order chi connectivity index (χ0) is 22.4. The van der Waals surface area contributed by atoms with E-state index in [1.54, 1.807) is 13.2 Å². The zero-order valence-electron chi connectivity index (χ0n) is 18.2. The molecule has 3 aromatic rings. The van der Waals surface area contributed by atoms with Gasteiger partial charge in [-0.1, -0.05) is 50.6 Å². The number of aliphatic hydroxyl groups is 1. The average Bonchev–Trinajstić information content (AvgIpc) is 2.80. The van der Waals surface area contributed by atoms with Crippen LogP contribution in [0.1, 0.15) is 32.3 Å². The van der Waals surface area contributed by atoms with Crippen molar-refractivity contribution in [2.75, 3.05) is 13.7 Å². The van der Waals surface area contributed by atoms with Crippen LogP contribution in [0.15, 0.2) is 57.7 Å². The third kappa shape index (κ3) is 5.33. The van der Waals surface area contributed by atoms with E-state index >= 15 is 0 Å². The molecule has 1 amide bonds. The van der Waals surface area contributed by atoms with Crippen LogP contribution >= 0.6 is 0 Å². The quantitative estimate of drug-likeness (QED) is 0.509. The highest BCUT2D eigenvalue weighted by molar-refractivity contribution is 5.94. The Labute approximate surface area is 181 Å². The van der Waals surface area contributed by atoms with Gasteiger partial charge in [-0.2, -0.15) is 0 Å². The molecule has 0 aliphatic carbocycles. The molecule has 3 rings (SSSR count). The first-order valence-electron chi connectivity index (χ1n) is 10.6. The summed E-state index contributed by atoms with van der Waals surface area (Å²) in [5, 5.41) is 13.3. The van der Waals surface area contributed by atoms with Crippen LogP contribution in [0.3, 0.4) is 0 Å². The fourth-order valence-corrected chi connectivity index (χ4v) is 3.66. The second-order valence-electron chi connectivity index (χ2n) is 7.75. The summed E-state index contributed by atoms with van der Waals surface area (Å²) in [6, 6.07) is 14.5. The number of carbonyl (C=O) groups excluding carboxylic acids is 1. The third-order valence-corrected chi connectivity index (χ3v) is 5.73. The summed E-state index contributed by atoms with van der Waals surface area (Å²) in [4.78, 5) is 24.6. The molecule has 0 saturated heterocycles. The highest BCUT2D eigenvalue weighted by Crippen LogP contribution is 2.32. The van der Waals surface area contributed by atoms with Crippen LogP contribution in [0.2, 0.25) is 0 Å². The van der Waals surface area contributed by atoms with Gasteiger partial charge >= 0.3 is 5.63 Å². The standard InChI is InChI=1S/C25H29NO5/c1-4-16(2)21(15-27)26-24(28)11-10-18-12-20-19(17-8-6-5-7-9-17)13-25(29)31-23(20)14-22(18)30-3/h5-9,12-14,16,21,27H,4,10-11,15H2,1-3H3,(H,26,28)/t16-,21+/m1/s1. The predicted molar refractivity (Wildman–Crippen MR) is 121 cm³/mol. The van der Waals surface area contributed by atoms with Crippen LogP contribution < -0.4 is 15.7 Å². The van der Waals surface area contributed by atoms with Gasteiger partial charge in [-0.05, 0) is 35.1 Å². The summed E-state index contributed by atoms with van der Waals surface area (Å²) in [5.41, 5.74) is 2.54. The lowest BCUT2D eigenvalue weighted by atomic mass is 9.98. The van der Waals surface area contributed by atoms with Gasteiger partial charge in [0.15, 0.2) is 0 Å². The minimum atomic E-state index is -0.430. The first-order valence-corrected chi connectivity index (χ1v) is 10.6. The van der Waals surface area contributed by atoms with Gasteiger partial charge in [-0.25, -0.2) is 4.79 Å². The van der Waals surface area contributed by atoms with E-state index in [1.165, 1.54) is 6.07 Å². The fraction of sp³-hybridized carbons (Fsp3) is 0.360. The van der Waals surface area contributed by atoms with E-state index in [2.05, 4.69) is 5.32 Å². The molecule has 0 saturated carbocycles. The number of ether oxygens (including phenoxy) is 1. The fourth-order valence-electron chi connectivity index (χ4n) is 3.66. The topological polar surface area (TPSA) is 88.8 Å². The first kappa shape index (κ1) is 22.6. The number of methoxy groups -OCH3 is 1. The van der Waals surface area contributed by atoms with Crippen molar-refractivity contribution < 1.29 is 19.1 Å². The zero-order valence-corrected chi connectivity index (χ0v) is 18.2. The largest absolute Gasteiger partial charge is 0.496 e. The minimum absolute atomic E-state index is 0.0838. The molecule has 164 valence electrons. The number of aryl methyl sites for hydroxylation is 1. The van der Waals surface area contributed by atoms with Gasteiger partial charge in [0, 0.05) is 23.9 Å². The summed E-state index contributed by atoms with van der Waals surface area (Å²) in [6.45, 7) is 3.95. The van der Waals surface area contributed by atoms with Gasteiger partial charge in [-0.15, -0.1) is 0 Å². The first-order chi connectivity index (χ1) is 15.0. The molecule has 31 heavy (non-hydrogen) atoms. The van der Waals surface area contributed by atoms with E-state index in [0.717, 1.165) is 28.5 Å². The van der Waals surface area contributed by atoms with Crippen molar-refractivity contribution in [3.63, 3.8) is 0 Å². The number of benzene rings is 2. The van der Waals surface area contributed by atoms with Crippen LogP contribution in [0, 0.1) is 5.92 Å². The number of aliphatic hydroxyl groups excluding tert-OH is 1. The summed E-state index contributed by atoms with van der Waals surface area (Å²) >= 11 is 0. The number of hydrogen-bond donors (Lipinski definition) is 2. The number of amides is 1. The Morgan fingerprint density at radius 3 is 2.58 bits per heavy atom. The van der Waals surface area contributed by atoms with Crippen molar-refractivity contribution in [1.29, 1.82) is 0 Å². The molecule has 0 aliphatic heterocycles. The lowest BCUT2D eigenvalue weighted by molar-refractivity contribution is -0.122. The van der Waals surface area contributed by atoms with E-state index in [0.29, 0.717) is 17.8 Å². The molecular weight excluding hydrogens is 394 g/mol. The molecule has 6 heteroatoms. The second kappa shape index (κ2) is 10.3. The summed E-state index contributed by atoms with van der Waals surface area (Å²) in [7, 11) is 1.55. The Bertz CT molecular complexity index is 1090. The Balaban J connectivity index is 1.91. The minimum Gasteiger partial charge on any atom is -0.496 e. The van der Waals surface area contributed by atoms with Gasteiger partial charge < -0.3 is 19.6 Å². The number of carbonyl (C=O) groups is 1. The van der Waals surface area contributed by atoms with Gasteiger partial charge in [-0.3, -0.25) is 4.79 Å². The lowest BCUT2D eigenvalue weighted by Gasteiger charge is -2.22. The van der Waals surface area contributed by atoms with Crippen molar-refractivity contribution in [2.45, 2.75) is 39.2 Å². The SMILES string of the molecule is CC[C@@H](C)[C@H](CO)NC(=O)CCc1cc2c(-c3ccccc3)cc(=O)oc2cc1OC. The maximum absolute atomic E-state index is 12.5. The average molecular weight is 424 g/mol. The van der Waals surface area contributed by atoms with Crippen molar-refractivity contribution in [3.8, 4) is 16.9 Å². The number of nitrogens with one attached hydrogen (secondary N) is 1. The van der Waals surface area contributed by atoms with Crippen LogP contribution in [0.5, 0.6) is 5.75 Å². The molecule has 1 heterocycles. The predicted octanol–water partition coefficient (Wildman–Crippen LogP) is 3.92. The van der Waals surface area contributed by atoms with Crippen molar-refractivity contribution in [1.82, 2.24) is 5.32 Å². The second-order valence-corrected chi connectivity index (χ2v) is 7.75. The van der Waals surface area contributed by atoms with Gasteiger partial charge in [0.1, 0.15) is 11.3 Å². The summed E-state index contributed by atoms with van der Waals surface area (Å²) < 4.78 is 10.9. The number of hydrogen-bond acceptors (Lipinski definition) is 5. The van der Waals surface area contributed by atoms with E-state index < -0.39 is 5.63 Å². The molecule has 2 atom stereocenters. The molecule has 0 bridgehead atoms. The Hall–Kier alpha value is -3.12. The summed E-state index contributed by atoms with van der Waals surface area (Å²) in [6.07, 6.45) is 1.58. The van der Waals surface area contributed by atoms with Crippen molar-refractivity contribution in [2.24, 2.45) is 5.92 Å². The van der Waals surface area contributed by atoms with E-state index in [1.807, 2.05) is 50.2 Å². The third-order valence-electron chi connectivity index (χ3n) is 5.73. The number of rotatable bonds is 9. The smallest absolute Gasteiger partial charge is 0.336 e. The Morgan fingerprint density at radius 2 is 1.94 bits per heavy atom. The van der Waals surface area contributed by atoms with Gasteiger partial charge in [0.05, 0.1) is 19.8 Å². The summed E-state index contributed by atoms with van der Waals surface area (Å²) in [5.74, 6) is 0.638. The van der Waals surface area contributed by atoms with E-state index in [-0.39, 0.29) is 30.9 Å². The molecule has 0 fully saturated rings. The van der Waals surface area contributed by atoms with Crippen LogP contribution in [0.25, 0.3) is 22.1 Å². The monoisotopic (exact) mass is 423 g/mol. The van der Waals surface area contributed by atoms with Gasteiger partial charge in [0.2, 0.25) is 5.91 Å². The molecule has 6 nitrogen and oxygen atoms in total. The highest BCUT2D eigenvalue weighted by Gasteiger charge is 2.18. The lowest BCUT2D eigenvalue weighted by Crippen LogP contribution is -2.41. The molecule has 2 N–H and O–H groups in total. The van der Waals surface area contributed by atoms with Crippen LogP contribution in [-0.4, -0.2) is 30.8 Å². The molecule has 1 aromatic heterocycles. The van der Waals surface area contributed by atoms with Crippen LogP contribution in [0.4, 0.5) is 0 Å². The van der Waals surface area contributed by atoms with Gasteiger partial charge in [0.25, 0.3) is 0 Å². The maximum atomic E-state index is 12.5. The van der Waals surface area contributed by atoms with Crippen molar-refractivity contribution >= 4 is 16.9 Å². The van der Waals surface area contributed by atoms with Crippen molar-refractivity contribution in [3.05, 3.63) is 64.5 Å². The maximum Gasteiger partial charge on any atom is 0.336 e. The molecule has 0 radical (unpaired) electrons. The number of fused-ring (bicyclic) bond motifs is 1. The highest BCUT2D eigenvalue weighted by atomic mass is 16.5. The Morgan fingerprint density at radius 1 is 1.19 bits per heavy atom. The normalized spacial score (nSPS) is 13.0. The Kier molecular flexibility index (Phi) is 7.47. The molecule has 0 unspecified atom stereocenters. The molecule has 0 aliphatic rings. The van der Waals surface area contributed by atoms with Crippen LogP contribution in [-0.2, 0) is 11.2 Å². The molecule has 2 aromatic carbocycles. The van der Waals surface area contributed by atoms with E-state index in [9.17, 15) is 14.7 Å². The molecular formula is C25H29NO5. The van der Waals surface area contributed by atoms with E-state index in [4.69, 9.17) is 9.15 Å². The molecule has 0 spiro atoms.